The lowest BCUT2D eigenvalue weighted by molar-refractivity contribution is -0.134. The van der Waals surface area contributed by atoms with Gasteiger partial charge in [0, 0.05) is 34.6 Å². The van der Waals surface area contributed by atoms with Gasteiger partial charge in [0.25, 0.3) is 11.8 Å². The van der Waals surface area contributed by atoms with Gasteiger partial charge in [-0.25, -0.2) is 4.79 Å². The first-order valence-electron chi connectivity index (χ1n) is 12.0. The molecular weight excluding hydrogens is 555 g/mol. The number of rotatable bonds is 3. The third-order valence-electron chi connectivity index (χ3n) is 7.26. The van der Waals surface area contributed by atoms with Crippen LogP contribution in [0.25, 0.3) is 20.2 Å². The number of carbonyl (C=O) groups excluding carboxylic acids is 3. The number of imide groups is 2. The van der Waals surface area contributed by atoms with E-state index < -0.39 is 34.3 Å². The molecule has 1 unspecified atom stereocenters. The summed E-state index contributed by atoms with van der Waals surface area (Å²) in [6, 6.07) is 15.2. The second-order valence-electron chi connectivity index (χ2n) is 9.93. The van der Waals surface area contributed by atoms with Crippen molar-refractivity contribution in [3.8, 4) is 0 Å². The molecule has 1 saturated heterocycles. The van der Waals surface area contributed by atoms with Crippen LogP contribution in [0.4, 0.5) is 15.5 Å². The predicted molar refractivity (Wildman–Crippen MR) is 153 cm³/mol. The maximum Gasteiger partial charge on any atom is 0.333 e. The largest absolute Gasteiger partial charge is 0.768 e. The van der Waals surface area contributed by atoms with Crippen molar-refractivity contribution in [2.24, 2.45) is 0 Å². The number of hydrogen-bond donors (Lipinski definition) is 0. The second kappa shape index (κ2) is 8.95. The summed E-state index contributed by atoms with van der Waals surface area (Å²) in [4.78, 5) is 41.9. The molecule has 0 spiro atoms. The monoisotopic (exact) mass is 576 g/mol. The molecule has 0 radical (unpaired) electrons. The summed E-state index contributed by atoms with van der Waals surface area (Å²) < 4.78 is 25.5. The normalized spacial score (nSPS) is 19.1. The molecule has 8 nitrogen and oxygen atoms in total. The van der Waals surface area contributed by atoms with Gasteiger partial charge in [-0.15, -0.1) is 22.7 Å². The molecule has 2 aromatic carbocycles. The summed E-state index contributed by atoms with van der Waals surface area (Å²) in [6.45, 7) is 4.11. The second-order valence-corrected chi connectivity index (χ2v) is 13.2. The van der Waals surface area contributed by atoms with Crippen LogP contribution < -0.4 is 4.90 Å². The molecule has 6 rings (SSSR count). The first-order valence-corrected chi connectivity index (χ1v) is 14.7. The summed E-state index contributed by atoms with van der Waals surface area (Å²) in [5.41, 5.74) is 2.07. The van der Waals surface area contributed by atoms with Crippen LogP contribution in [0, 0.1) is 0 Å². The van der Waals surface area contributed by atoms with E-state index in [1.807, 2.05) is 30.3 Å². The number of hydrogen-bond acceptors (Lipinski definition) is 8. The molecule has 4 heterocycles. The standard InChI is InChI=1S/C28H23N3O5S3/c1-28(2)18-14-21-16(13-24(38-21)39(35)36)11-19(18)31(23-12-15-7-5-6-8-20(15)37-23)22(28)10-9-17-25(32)29(3)27(34)30(4)26(17)33/h5-14H,1-4H3,(H,35,36)/p-1/b22-10+. The zero-order valence-electron chi connectivity index (χ0n) is 21.4. The van der Waals surface area contributed by atoms with Crippen LogP contribution >= 0.6 is 22.7 Å². The molecular formula is C28H22N3O5S3-. The van der Waals surface area contributed by atoms with E-state index in [0.717, 1.165) is 51.9 Å². The summed E-state index contributed by atoms with van der Waals surface area (Å²) in [6.07, 6.45) is 3.27. The Balaban J connectivity index is 1.57. The van der Waals surface area contributed by atoms with Gasteiger partial charge in [0.15, 0.2) is 0 Å². The average Bonchev–Trinajstić information content (AvgIpc) is 3.58. The van der Waals surface area contributed by atoms with Crippen molar-refractivity contribution >= 4 is 82.5 Å². The number of thiophene rings is 2. The SMILES string of the molecule is CN1C(=O)C(=C/C=C2/N(c3cc4ccccc4s3)c3cc4cc(S(=O)[O-])sc4cc3C2(C)C)C(=O)N(C)C1=O. The Hall–Kier alpha value is -3.64. The molecule has 39 heavy (non-hydrogen) atoms. The van der Waals surface area contributed by atoms with Gasteiger partial charge in [-0.3, -0.25) is 23.6 Å². The summed E-state index contributed by atoms with van der Waals surface area (Å²) >= 11 is 0.515. The van der Waals surface area contributed by atoms with E-state index in [9.17, 15) is 23.1 Å². The van der Waals surface area contributed by atoms with E-state index >= 15 is 0 Å². The number of nitrogens with zero attached hydrogens (tertiary/aromatic N) is 3. The number of barbiturate groups is 1. The van der Waals surface area contributed by atoms with Gasteiger partial charge in [-0.1, -0.05) is 32.0 Å². The van der Waals surface area contributed by atoms with Crippen LogP contribution in [0.1, 0.15) is 19.4 Å². The Morgan fingerprint density at radius 1 is 0.872 bits per heavy atom. The van der Waals surface area contributed by atoms with Crippen LogP contribution in [0.3, 0.4) is 0 Å². The van der Waals surface area contributed by atoms with Gasteiger partial charge in [-0.05, 0) is 69.9 Å². The third kappa shape index (κ3) is 3.88. The van der Waals surface area contributed by atoms with Crippen LogP contribution in [-0.2, 0) is 26.1 Å². The maximum atomic E-state index is 12.9. The van der Waals surface area contributed by atoms with E-state index in [-0.39, 0.29) is 9.78 Å². The van der Waals surface area contributed by atoms with Crippen LogP contribution in [-0.4, -0.2) is 50.5 Å². The van der Waals surface area contributed by atoms with Gasteiger partial charge in [0.05, 0.1) is 9.90 Å². The van der Waals surface area contributed by atoms with Crippen LogP contribution in [0.2, 0.25) is 0 Å². The van der Waals surface area contributed by atoms with Gasteiger partial charge in [-0.2, -0.15) is 0 Å². The van der Waals surface area contributed by atoms with Crippen molar-refractivity contribution in [3.63, 3.8) is 0 Å². The highest BCUT2D eigenvalue weighted by molar-refractivity contribution is 7.82. The minimum Gasteiger partial charge on any atom is -0.768 e. The van der Waals surface area contributed by atoms with E-state index in [4.69, 9.17) is 0 Å². The quantitative estimate of drug-likeness (QED) is 0.178. The third-order valence-corrected chi connectivity index (χ3v) is 10.4. The van der Waals surface area contributed by atoms with E-state index in [2.05, 4.69) is 30.9 Å². The number of likely N-dealkylation sites (N-methyl/N-ethyl adjacent to an activating group) is 2. The topological polar surface area (TPSA) is 101 Å². The van der Waals surface area contributed by atoms with E-state index in [1.165, 1.54) is 31.5 Å². The van der Waals surface area contributed by atoms with Gasteiger partial charge in [0.2, 0.25) is 0 Å². The molecule has 0 N–H and O–H groups in total. The summed E-state index contributed by atoms with van der Waals surface area (Å²) in [5.74, 6) is -1.30. The number of carbonyl (C=O) groups is 3. The molecule has 198 valence electrons. The average molecular weight is 577 g/mol. The highest BCUT2D eigenvalue weighted by atomic mass is 32.2. The molecule has 4 amide bonds. The fourth-order valence-corrected chi connectivity index (χ4v) is 7.79. The van der Waals surface area contributed by atoms with E-state index in [1.54, 1.807) is 23.5 Å². The molecule has 0 bridgehead atoms. The Bertz CT molecular complexity index is 1770. The highest BCUT2D eigenvalue weighted by Gasteiger charge is 2.42. The molecule has 2 aromatic heterocycles. The molecule has 0 aliphatic carbocycles. The summed E-state index contributed by atoms with van der Waals surface area (Å²) in [5, 5.41) is 2.85. The number of anilines is 2. The number of allylic oxidation sites excluding steroid dienone is 3. The van der Waals surface area contributed by atoms with Crippen molar-refractivity contribution in [3.05, 3.63) is 77.5 Å². The molecule has 2 aliphatic rings. The lowest BCUT2D eigenvalue weighted by atomic mass is 9.83. The zero-order chi connectivity index (χ0) is 27.8. The number of benzene rings is 2. The van der Waals surface area contributed by atoms with Crippen molar-refractivity contribution < 1.29 is 23.1 Å². The Morgan fingerprint density at radius 3 is 2.23 bits per heavy atom. The Morgan fingerprint density at radius 2 is 1.56 bits per heavy atom. The molecule has 0 saturated carbocycles. The highest BCUT2D eigenvalue weighted by Crippen LogP contribution is 2.55. The first-order chi connectivity index (χ1) is 18.5. The van der Waals surface area contributed by atoms with Crippen LogP contribution in [0.15, 0.2) is 76.2 Å². The predicted octanol–water partition coefficient (Wildman–Crippen LogP) is 5.64. The number of amides is 4. The lowest BCUT2D eigenvalue weighted by Gasteiger charge is -2.29. The lowest BCUT2D eigenvalue weighted by Crippen LogP contribution is -2.53. The number of urea groups is 1. The Kier molecular flexibility index (Phi) is 5.88. The fourth-order valence-electron chi connectivity index (χ4n) is 5.12. The van der Waals surface area contributed by atoms with Gasteiger partial charge < -0.3 is 9.45 Å². The molecule has 1 atom stereocenters. The van der Waals surface area contributed by atoms with E-state index in [0.29, 0.717) is 0 Å². The molecule has 2 aliphatic heterocycles. The van der Waals surface area contributed by atoms with Crippen molar-refractivity contribution in [2.75, 3.05) is 19.0 Å². The fraction of sp³-hybridized carbons (Fsp3) is 0.179. The molecule has 4 aromatic rings. The van der Waals surface area contributed by atoms with Gasteiger partial charge >= 0.3 is 6.03 Å². The van der Waals surface area contributed by atoms with Crippen LogP contribution in [0.5, 0.6) is 0 Å². The zero-order valence-corrected chi connectivity index (χ0v) is 23.8. The molecule has 1 fully saturated rings. The van der Waals surface area contributed by atoms with Crippen molar-refractivity contribution in [1.82, 2.24) is 9.80 Å². The maximum absolute atomic E-state index is 12.9. The minimum absolute atomic E-state index is 0.0984. The smallest absolute Gasteiger partial charge is 0.333 e. The first kappa shape index (κ1) is 25.6. The Labute approximate surface area is 234 Å². The van der Waals surface area contributed by atoms with Gasteiger partial charge in [0.1, 0.15) is 10.6 Å². The van der Waals surface area contributed by atoms with Crippen molar-refractivity contribution in [2.45, 2.75) is 23.5 Å². The summed E-state index contributed by atoms with van der Waals surface area (Å²) in [7, 11) is 2.70. The molecule has 11 heteroatoms. The van der Waals surface area contributed by atoms with Crippen molar-refractivity contribution in [1.29, 1.82) is 0 Å². The number of fused-ring (bicyclic) bond motifs is 3. The minimum atomic E-state index is -2.32.